The lowest BCUT2D eigenvalue weighted by atomic mass is 10.1. The fraction of sp³-hybridized carbons (Fsp3) is 0.368. The maximum absolute atomic E-state index is 12.3. The summed E-state index contributed by atoms with van der Waals surface area (Å²) in [7, 11) is 0. The molecule has 1 amide bonds. The summed E-state index contributed by atoms with van der Waals surface area (Å²) in [6, 6.07) is 8.77. The number of aryl methyl sites for hydroxylation is 1. The number of piperidine rings is 1. The second-order valence-corrected chi connectivity index (χ2v) is 7.04. The third-order valence-corrected chi connectivity index (χ3v) is 4.76. The van der Waals surface area contributed by atoms with Gasteiger partial charge in [0.25, 0.3) is 5.91 Å². The maximum atomic E-state index is 12.3. The van der Waals surface area contributed by atoms with E-state index >= 15 is 0 Å². The normalized spacial score (nSPS) is 15.0. The second kappa shape index (κ2) is 8.60. The van der Waals surface area contributed by atoms with Gasteiger partial charge < -0.3 is 14.4 Å². The van der Waals surface area contributed by atoms with Crippen molar-refractivity contribution in [1.29, 1.82) is 0 Å². The first-order valence-corrected chi connectivity index (χ1v) is 9.22. The maximum Gasteiger partial charge on any atom is 0.260 e. The highest BCUT2D eigenvalue weighted by Gasteiger charge is 2.24. The number of likely N-dealkylation sites (tertiary alicyclic amines) is 1. The van der Waals surface area contributed by atoms with Crippen molar-refractivity contribution in [1.82, 2.24) is 9.88 Å². The number of aromatic nitrogens is 1. The van der Waals surface area contributed by atoms with Crippen LogP contribution in [0.4, 0.5) is 0 Å². The van der Waals surface area contributed by atoms with Gasteiger partial charge in [-0.05, 0) is 37.3 Å². The molecule has 0 N–H and O–H groups in total. The van der Waals surface area contributed by atoms with Crippen LogP contribution in [0.3, 0.4) is 0 Å². The lowest BCUT2D eigenvalue weighted by Crippen LogP contribution is -2.43. The number of carbonyl (C=O) groups is 1. The van der Waals surface area contributed by atoms with Crippen molar-refractivity contribution in [3.8, 4) is 11.5 Å². The first kappa shape index (κ1) is 18.8. The minimum absolute atomic E-state index is 0.0469. The Balaban J connectivity index is 1.45. The SMILES string of the molecule is Cc1ccc(OC2CCN(C(=O)COc3ccc(Cl)cc3Cl)CC2)cn1. The Kier molecular flexibility index (Phi) is 6.22. The Morgan fingerprint density at radius 1 is 1.23 bits per heavy atom. The van der Waals surface area contributed by atoms with Gasteiger partial charge in [-0.2, -0.15) is 0 Å². The van der Waals surface area contributed by atoms with Crippen LogP contribution < -0.4 is 9.47 Å². The molecule has 1 aliphatic heterocycles. The van der Waals surface area contributed by atoms with E-state index in [2.05, 4.69) is 4.98 Å². The minimum Gasteiger partial charge on any atom is -0.489 e. The highest BCUT2D eigenvalue weighted by molar-refractivity contribution is 6.35. The van der Waals surface area contributed by atoms with Crippen molar-refractivity contribution < 1.29 is 14.3 Å². The Labute approximate surface area is 162 Å². The average Bonchev–Trinajstić information content (AvgIpc) is 2.63. The van der Waals surface area contributed by atoms with E-state index in [1.807, 2.05) is 19.1 Å². The Morgan fingerprint density at radius 2 is 2.00 bits per heavy atom. The van der Waals surface area contributed by atoms with Crippen LogP contribution in [0.2, 0.25) is 10.0 Å². The van der Waals surface area contributed by atoms with Crippen LogP contribution >= 0.6 is 23.2 Å². The fourth-order valence-electron chi connectivity index (χ4n) is 2.76. The summed E-state index contributed by atoms with van der Waals surface area (Å²) in [4.78, 5) is 18.4. The standard InChI is InChI=1S/C19H20Cl2N2O3/c1-13-2-4-16(11-22-13)26-15-6-8-23(9-7-15)19(24)12-25-18-5-3-14(20)10-17(18)21/h2-5,10-11,15H,6-9,12H2,1H3. The van der Waals surface area contributed by atoms with Crippen molar-refractivity contribution >= 4 is 29.1 Å². The summed E-state index contributed by atoms with van der Waals surface area (Å²) in [5, 5.41) is 0.920. The van der Waals surface area contributed by atoms with Gasteiger partial charge in [-0.3, -0.25) is 9.78 Å². The molecule has 0 unspecified atom stereocenters. The fourth-order valence-corrected chi connectivity index (χ4v) is 3.23. The number of ether oxygens (including phenoxy) is 2. The van der Waals surface area contributed by atoms with Crippen LogP contribution in [0.25, 0.3) is 0 Å². The molecule has 0 bridgehead atoms. The molecule has 2 aromatic rings. The first-order chi connectivity index (χ1) is 12.5. The highest BCUT2D eigenvalue weighted by atomic mass is 35.5. The van der Waals surface area contributed by atoms with Crippen LogP contribution in [0.15, 0.2) is 36.5 Å². The molecule has 0 aliphatic carbocycles. The molecule has 5 nitrogen and oxygen atoms in total. The quantitative estimate of drug-likeness (QED) is 0.764. The van der Waals surface area contributed by atoms with Gasteiger partial charge in [-0.15, -0.1) is 0 Å². The molecule has 1 aliphatic rings. The van der Waals surface area contributed by atoms with Crippen LogP contribution in [0, 0.1) is 6.92 Å². The van der Waals surface area contributed by atoms with Crippen LogP contribution in [0.5, 0.6) is 11.5 Å². The van der Waals surface area contributed by atoms with E-state index in [1.165, 1.54) is 0 Å². The molecule has 1 aromatic heterocycles. The zero-order valence-corrected chi connectivity index (χ0v) is 16.0. The second-order valence-electron chi connectivity index (χ2n) is 6.20. The van der Waals surface area contributed by atoms with E-state index < -0.39 is 0 Å². The number of benzene rings is 1. The molecule has 138 valence electrons. The van der Waals surface area contributed by atoms with E-state index in [4.69, 9.17) is 32.7 Å². The van der Waals surface area contributed by atoms with Crippen LogP contribution in [0.1, 0.15) is 18.5 Å². The number of hydrogen-bond donors (Lipinski definition) is 0. The number of nitrogens with zero attached hydrogens (tertiary/aromatic N) is 2. The minimum atomic E-state index is -0.0635. The molecule has 2 heterocycles. The molecule has 1 aromatic carbocycles. The number of halogens is 2. The zero-order valence-electron chi connectivity index (χ0n) is 14.5. The van der Waals surface area contributed by atoms with Gasteiger partial charge in [0.1, 0.15) is 17.6 Å². The predicted molar refractivity (Wildman–Crippen MR) is 101 cm³/mol. The number of pyridine rings is 1. The third-order valence-electron chi connectivity index (χ3n) is 4.23. The largest absolute Gasteiger partial charge is 0.489 e. The van der Waals surface area contributed by atoms with E-state index in [1.54, 1.807) is 29.3 Å². The first-order valence-electron chi connectivity index (χ1n) is 8.46. The summed E-state index contributed by atoms with van der Waals surface area (Å²) < 4.78 is 11.5. The molecule has 1 saturated heterocycles. The van der Waals surface area contributed by atoms with Crippen molar-refractivity contribution in [2.75, 3.05) is 19.7 Å². The highest BCUT2D eigenvalue weighted by Crippen LogP contribution is 2.27. The van der Waals surface area contributed by atoms with Crippen molar-refractivity contribution in [2.24, 2.45) is 0 Å². The summed E-state index contributed by atoms with van der Waals surface area (Å²) >= 11 is 11.9. The van der Waals surface area contributed by atoms with E-state index in [0.29, 0.717) is 28.9 Å². The number of amides is 1. The van der Waals surface area contributed by atoms with Gasteiger partial charge in [0, 0.05) is 36.6 Å². The molecule has 0 atom stereocenters. The van der Waals surface area contributed by atoms with Crippen molar-refractivity contribution in [3.63, 3.8) is 0 Å². The average molecular weight is 395 g/mol. The topological polar surface area (TPSA) is 51.7 Å². The Bertz CT molecular complexity index is 760. The smallest absolute Gasteiger partial charge is 0.260 e. The number of carbonyl (C=O) groups excluding carboxylic acids is 1. The molecule has 3 rings (SSSR count). The van der Waals surface area contributed by atoms with E-state index in [0.717, 1.165) is 24.3 Å². The molecule has 7 heteroatoms. The van der Waals surface area contributed by atoms with Gasteiger partial charge in [-0.1, -0.05) is 23.2 Å². The molecule has 0 spiro atoms. The van der Waals surface area contributed by atoms with Crippen molar-refractivity contribution in [3.05, 3.63) is 52.3 Å². The van der Waals surface area contributed by atoms with Crippen LogP contribution in [-0.4, -0.2) is 41.6 Å². The van der Waals surface area contributed by atoms with Gasteiger partial charge in [0.05, 0.1) is 11.2 Å². The van der Waals surface area contributed by atoms with Crippen LogP contribution in [-0.2, 0) is 4.79 Å². The Hall–Kier alpha value is -1.98. The summed E-state index contributed by atoms with van der Waals surface area (Å²) in [5.41, 5.74) is 0.957. The molecular weight excluding hydrogens is 375 g/mol. The molecular formula is C19H20Cl2N2O3. The number of rotatable bonds is 5. The summed E-state index contributed by atoms with van der Waals surface area (Å²) in [6.07, 6.45) is 3.38. The molecule has 0 saturated carbocycles. The van der Waals surface area contributed by atoms with Gasteiger partial charge >= 0.3 is 0 Å². The summed E-state index contributed by atoms with van der Waals surface area (Å²) in [5.74, 6) is 1.15. The summed E-state index contributed by atoms with van der Waals surface area (Å²) in [6.45, 7) is 3.17. The third kappa shape index (κ3) is 5.02. The van der Waals surface area contributed by atoms with Gasteiger partial charge in [-0.25, -0.2) is 0 Å². The Morgan fingerprint density at radius 3 is 2.65 bits per heavy atom. The number of hydrogen-bond acceptors (Lipinski definition) is 4. The van der Waals surface area contributed by atoms with E-state index in [-0.39, 0.29) is 18.6 Å². The monoisotopic (exact) mass is 394 g/mol. The zero-order chi connectivity index (χ0) is 18.5. The lowest BCUT2D eigenvalue weighted by Gasteiger charge is -2.32. The van der Waals surface area contributed by atoms with Gasteiger partial charge in [0.2, 0.25) is 0 Å². The molecule has 26 heavy (non-hydrogen) atoms. The predicted octanol–water partition coefficient (Wildman–Crippen LogP) is 4.15. The van der Waals surface area contributed by atoms with Crippen molar-refractivity contribution in [2.45, 2.75) is 25.9 Å². The van der Waals surface area contributed by atoms with Gasteiger partial charge in [0.15, 0.2) is 6.61 Å². The van der Waals surface area contributed by atoms with E-state index in [9.17, 15) is 4.79 Å². The molecule has 0 radical (unpaired) electrons. The molecule has 1 fully saturated rings. The lowest BCUT2D eigenvalue weighted by molar-refractivity contribution is -0.135.